The monoisotopic (exact) mass is 868 g/mol. The first-order chi connectivity index (χ1) is 30.5. The minimum Gasteiger partial charge on any atom is -0.508 e. The van der Waals surface area contributed by atoms with Crippen LogP contribution in [0, 0.1) is 0 Å². The predicted molar refractivity (Wildman–Crippen MR) is 227 cm³/mol. The van der Waals surface area contributed by atoms with Crippen LogP contribution in [0.1, 0.15) is 0 Å². The first-order valence-corrected chi connectivity index (χ1v) is 18.5. The van der Waals surface area contributed by atoms with Crippen molar-refractivity contribution in [2.24, 2.45) is 0 Å². The molecule has 0 aliphatic heterocycles. The normalized spacial score (nSPS) is 11.5. The van der Waals surface area contributed by atoms with Gasteiger partial charge in [-0.25, -0.2) is 0 Å². The van der Waals surface area contributed by atoms with Gasteiger partial charge in [-0.05, 0) is 42.5 Å². The van der Waals surface area contributed by atoms with Crippen LogP contribution >= 0.6 is 0 Å². The summed E-state index contributed by atoms with van der Waals surface area (Å²) in [5.74, 6) is -9.09. The van der Waals surface area contributed by atoms with E-state index in [1.54, 1.807) is 0 Å². The molecular formula is C46H28O18. The molecule has 9 rings (SSSR count). The van der Waals surface area contributed by atoms with Crippen LogP contribution in [0.5, 0.6) is 69.0 Å². The van der Waals surface area contributed by atoms with Gasteiger partial charge >= 0.3 is 0 Å². The molecule has 0 spiro atoms. The van der Waals surface area contributed by atoms with E-state index in [2.05, 4.69) is 0 Å². The Labute approximate surface area is 354 Å². The second-order valence-electron chi connectivity index (χ2n) is 14.3. The Morgan fingerprint density at radius 2 is 0.828 bits per heavy atom. The number of hydrogen-bond donors (Lipinski definition) is 11. The van der Waals surface area contributed by atoms with Gasteiger partial charge in [-0.2, -0.15) is 0 Å². The van der Waals surface area contributed by atoms with Gasteiger partial charge in [0.15, 0.2) is 50.8 Å². The van der Waals surface area contributed by atoms with E-state index in [0.29, 0.717) is 0 Å². The highest BCUT2D eigenvalue weighted by Crippen LogP contribution is 2.54. The molecule has 0 saturated carbocycles. The number of hydrogen-bond acceptors (Lipinski definition) is 18. The summed E-state index contributed by atoms with van der Waals surface area (Å²) in [6.07, 6.45) is 0. The molecule has 0 atom stereocenters. The zero-order valence-corrected chi connectivity index (χ0v) is 32.4. The van der Waals surface area contributed by atoms with E-state index in [1.807, 2.05) is 0 Å². The SMILES string of the molecule is COc1cc(-c2cc(=O)c3c(O)c(-c4c(-c5cc(=O)c6c(O)c(-c7c(-c8cc(=O)c9c(O)cc(O)cc9o8)ccc(O)c7O)c(O)cc6o5)ccc(O)c4O)c(O)cc3o2)ccc1O. The second kappa shape index (κ2) is 14.3. The highest BCUT2D eigenvalue weighted by molar-refractivity contribution is 6.03. The molecule has 18 heteroatoms. The van der Waals surface area contributed by atoms with E-state index >= 15 is 0 Å². The van der Waals surface area contributed by atoms with Crippen LogP contribution in [0.4, 0.5) is 0 Å². The minimum absolute atomic E-state index is 0.0473. The van der Waals surface area contributed by atoms with Crippen LogP contribution in [-0.2, 0) is 0 Å². The largest absolute Gasteiger partial charge is 0.508 e. The summed E-state index contributed by atoms with van der Waals surface area (Å²) in [6.45, 7) is 0. The molecule has 0 aliphatic carbocycles. The van der Waals surface area contributed by atoms with Crippen LogP contribution in [-0.4, -0.2) is 63.3 Å². The third-order valence-corrected chi connectivity index (χ3v) is 10.5. The van der Waals surface area contributed by atoms with Crippen molar-refractivity contribution in [2.75, 3.05) is 7.11 Å². The van der Waals surface area contributed by atoms with E-state index in [9.17, 15) is 70.6 Å². The van der Waals surface area contributed by atoms with Crippen molar-refractivity contribution >= 4 is 32.9 Å². The molecule has 3 aromatic heterocycles. The summed E-state index contributed by atoms with van der Waals surface area (Å²) >= 11 is 0. The van der Waals surface area contributed by atoms with E-state index in [-0.39, 0.29) is 56.3 Å². The van der Waals surface area contributed by atoms with Gasteiger partial charge in [0, 0.05) is 70.3 Å². The van der Waals surface area contributed by atoms with Gasteiger partial charge in [-0.15, -0.1) is 0 Å². The van der Waals surface area contributed by atoms with Crippen LogP contribution < -0.4 is 21.0 Å². The van der Waals surface area contributed by atoms with Gasteiger partial charge < -0.3 is 74.2 Å². The number of fused-ring (bicyclic) bond motifs is 3. The van der Waals surface area contributed by atoms with Gasteiger partial charge in [0.2, 0.25) is 0 Å². The molecular weight excluding hydrogens is 840 g/mol. The van der Waals surface area contributed by atoms with Gasteiger partial charge in [0.05, 0.1) is 18.2 Å². The number of phenols is 11. The van der Waals surface area contributed by atoms with Crippen LogP contribution in [0.15, 0.2) is 113 Å². The summed E-state index contributed by atoms with van der Waals surface area (Å²) < 4.78 is 22.7. The molecule has 0 radical (unpaired) electrons. The average molecular weight is 869 g/mol. The summed E-state index contributed by atoms with van der Waals surface area (Å²) in [4.78, 5) is 40.7. The molecule has 0 fully saturated rings. The smallest absolute Gasteiger partial charge is 0.197 e. The molecule has 0 bridgehead atoms. The number of benzene rings is 6. The molecule has 320 valence electrons. The van der Waals surface area contributed by atoms with E-state index in [1.165, 1.54) is 25.3 Å². The maximum absolute atomic E-state index is 14.0. The zero-order chi connectivity index (χ0) is 45.6. The number of aromatic hydroxyl groups is 11. The second-order valence-corrected chi connectivity index (χ2v) is 14.3. The summed E-state index contributed by atoms with van der Waals surface area (Å²) in [5.41, 5.74) is -6.40. The molecule has 9 aromatic rings. The first kappa shape index (κ1) is 40.0. The highest BCUT2D eigenvalue weighted by Gasteiger charge is 2.30. The van der Waals surface area contributed by atoms with Gasteiger partial charge in [-0.1, -0.05) is 0 Å². The molecule has 11 N–H and O–H groups in total. The van der Waals surface area contributed by atoms with E-state index in [0.717, 1.165) is 66.7 Å². The topological polar surface area (TPSA) is 322 Å². The predicted octanol–water partition coefficient (Wildman–Crippen LogP) is 7.11. The average Bonchev–Trinajstić information content (AvgIpc) is 3.23. The standard InChI is InChI=1S/C46H28O18/c1-61-32-8-16(2-5-20(32)48)29-11-25(53)39-34(62-29)14-27(55)41(45(39)59)37-19(4-7-22(50)44(37)58)31-13-26(54)40-35(64-31)15-28(56)42(46(40)60)36-18(3-6-21(49)43(36)57)30-12-24(52)38-23(51)9-17(47)10-33(38)63-30/h2-15,47-51,55-60H,1H3. The Balaban J connectivity index is 1.22. The first-order valence-electron chi connectivity index (χ1n) is 18.5. The van der Waals surface area contributed by atoms with Crippen molar-refractivity contribution in [2.45, 2.75) is 0 Å². The Kier molecular flexibility index (Phi) is 8.96. The van der Waals surface area contributed by atoms with E-state index in [4.69, 9.17) is 18.0 Å². The number of methoxy groups -OCH3 is 1. The fraction of sp³-hybridized carbons (Fsp3) is 0.0217. The van der Waals surface area contributed by atoms with Crippen molar-refractivity contribution in [1.82, 2.24) is 0 Å². The van der Waals surface area contributed by atoms with Crippen LogP contribution in [0.3, 0.4) is 0 Å². The van der Waals surface area contributed by atoms with Gasteiger partial charge in [0.1, 0.15) is 84.7 Å². The Morgan fingerprint density at radius 3 is 1.33 bits per heavy atom. The maximum atomic E-state index is 14.0. The van der Waals surface area contributed by atoms with Gasteiger partial charge in [0.25, 0.3) is 0 Å². The van der Waals surface area contributed by atoms with Crippen molar-refractivity contribution in [3.63, 3.8) is 0 Å². The quantitative estimate of drug-likeness (QED) is 0.0741. The van der Waals surface area contributed by atoms with Crippen LogP contribution in [0.25, 0.3) is 89.1 Å². The highest BCUT2D eigenvalue weighted by atomic mass is 16.5. The molecule has 0 amide bonds. The molecule has 3 heterocycles. The van der Waals surface area contributed by atoms with Crippen molar-refractivity contribution in [3.05, 3.63) is 116 Å². The van der Waals surface area contributed by atoms with Crippen molar-refractivity contribution in [1.29, 1.82) is 0 Å². The molecule has 0 aliphatic rings. The lowest BCUT2D eigenvalue weighted by Gasteiger charge is -2.18. The summed E-state index contributed by atoms with van der Waals surface area (Å²) in [7, 11) is 1.31. The Hall–Kier alpha value is -9.45. The van der Waals surface area contributed by atoms with E-state index < -0.39 is 118 Å². The van der Waals surface area contributed by atoms with Crippen molar-refractivity contribution in [3.8, 4) is 125 Å². The lowest BCUT2D eigenvalue weighted by Crippen LogP contribution is -2.04. The minimum atomic E-state index is -1.02. The molecule has 6 aromatic carbocycles. The zero-order valence-electron chi connectivity index (χ0n) is 32.4. The van der Waals surface area contributed by atoms with Crippen LogP contribution in [0.2, 0.25) is 0 Å². The third kappa shape index (κ3) is 6.08. The molecule has 18 nitrogen and oxygen atoms in total. The number of rotatable bonds is 6. The lowest BCUT2D eigenvalue weighted by molar-refractivity contribution is 0.373. The Morgan fingerprint density at radius 1 is 0.391 bits per heavy atom. The summed E-state index contributed by atoms with van der Waals surface area (Å²) in [6, 6.07) is 14.8. The molecule has 64 heavy (non-hydrogen) atoms. The number of ether oxygens (including phenoxy) is 1. The molecule has 0 unspecified atom stereocenters. The van der Waals surface area contributed by atoms with Gasteiger partial charge in [-0.3, -0.25) is 14.4 Å². The fourth-order valence-corrected chi connectivity index (χ4v) is 7.64. The fourth-order valence-electron chi connectivity index (χ4n) is 7.64. The maximum Gasteiger partial charge on any atom is 0.197 e. The third-order valence-electron chi connectivity index (χ3n) is 10.5. The lowest BCUT2D eigenvalue weighted by atomic mass is 9.92. The van der Waals surface area contributed by atoms with Crippen molar-refractivity contribution < 1.29 is 74.2 Å². The summed E-state index contributed by atoms with van der Waals surface area (Å²) in [5, 5.41) is 119. The molecule has 0 saturated heterocycles. The Bertz CT molecular complexity index is 3690. The number of phenolic OH excluding ortho intramolecular Hbond substituents is 11.